The van der Waals surface area contributed by atoms with Crippen LogP contribution in [0.2, 0.25) is 0 Å². The molecule has 6 heteroatoms. The molecule has 1 saturated carbocycles. The van der Waals surface area contributed by atoms with E-state index in [0.29, 0.717) is 11.2 Å². The highest BCUT2D eigenvalue weighted by Gasteiger charge is 2.30. The molecule has 0 radical (unpaired) electrons. The predicted molar refractivity (Wildman–Crippen MR) is 119 cm³/mol. The molecular weight excluding hydrogens is 397 g/mol. The van der Waals surface area contributed by atoms with Gasteiger partial charge in [-0.05, 0) is 48.6 Å². The molecule has 0 N–H and O–H groups in total. The first-order valence-electron chi connectivity index (χ1n) is 10.4. The van der Waals surface area contributed by atoms with Crippen LogP contribution in [0.4, 0.5) is 15.2 Å². The van der Waals surface area contributed by atoms with Crippen molar-refractivity contribution < 1.29 is 9.18 Å². The molecule has 0 saturated heterocycles. The number of carbonyl (C=O) groups is 1. The van der Waals surface area contributed by atoms with Crippen molar-refractivity contribution in [1.82, 2.24) is 9.88 Å². The molecule has 1 aliphatic carbocycles. The zero-order valence-corrected chi connectivity index (χ0v) is 18.2. The lowest BCUT2D eigenvalue weighted by Crippen LogP contribution is -2.26. The van der Waals surface area contributed by atoms with Crippen LogP contribution in [0.25, 0.3) is 0 Å². The summed E-state index contributed by atoms with van der Waals surface area (Å²) in [6, 6.07) is 15.2. The van der Waals surface area contributed by atoms with E-state index < -0.39 is 0 Å². The van der Waals surface area contributed by atoms with Gasteiger partial charge in [-0.2, -0.15) is 0 Å². The van der Waals surface area contributed by atoms with E-state index in [2.05, 4.69) is 17.9 Å². The average molecular weight is 424 g/mol. The van der Waals surface area contributed by atoms with E-state index in [1.165, 1.54) is 36.3 Å². The summed E-state index contributed by atoms with van der Waals surface area (Å²) in [4.78, 5) is 21.4. The van der Waals surface area contributed by atoms with Crippen molar-refractivity contribution in [2.24, 2.45) is 0 Å². The van der Waals surface area contributed by atoms with Gasteiger partial charge in [0.05, 0.1) is 11.4 Å². The summed E-state index contributed by atoms with van der Waals surface area (Å²) >= 11 is 1.50. The number of para-hydroxylation sites is 1. The van der Waals surface area contributed by atoms with Crippen LogP contribution in [0.15, 0.2) is 53.9 Å². The molecule has 1 fully saturated rings. The van der Waals surface area contributed by atoms with Gasteiger partial charge in [-0.15, -0.1) is 11.3 Å². The Labute approximate surface area is 181 Å². The van der Waals surface area contributed by atoms with Gasteiger partial charge in [0.1, 0.15) is 5.82 Å². The number of thiazole rings is 1. The van der Waals surface area contributed by atoms with E-state index in [1.54, 1.807) is 11.8 Å². The van der Waals surface area contributed by atoms with Crippen LogP contribution < -0.4 is 4.90 Å². The first-order chi connectivity index (χ1) is 14.5. The topological polar surface area (TPSA) is 36.4 Å². The second-order valence-electron chi connectivity index (χ2n) is 7.72. The van der Waals surface area contributed by atoms with Crippen molar-refractivity contribution in [2.75, 3.05) is 4.90 Å². The Balaban J connectivity index is 1.54. The minimum atomic E-state index is -0.211. The number of hydrogen-bond acceptors (Lipinski definition) is 4. The molecule has 0 atom stereocenters. The number of anilines is 2. The molecule has 3 aromatic rings. The van der Waals surface area contributed by atoms with E-state index in [4.69, 9.17) is 4.98 Å². The number of aromatic nitrogens is 1. The van der Waals surface area contributed by atoms with Crippen molar-refractivity contribution in [1.29, 1.82) is 0 Å². The van der Waals surface area contributed by atoms with Crippen LogP contribution in [-0.4, -0.2) is 21.8 Å². The molecular formula is C24H26FN3OS. The van der Waals surface area contributed by atoms with Crippen LogP contribution >= 0.6 is 11.3 Å². The number of halogens is 1. The van der Waals surface area contributed by atoms with Crippen LogP contribution in [0.1, 0.15) is 43.5 Å². The zero-order valence-electron chi connectivity index (χ0n) is 17.3. The Morgan fingerprint density at radius 3 is 2.53 bits per heavy atom. The molecule has 0 aliphatic heterocycles. The second-order valence-corrected chi connectivity index (χ2v) is 8.56. The first kappa shape index (κ1) is 20.7. The lowest BCUT2D eigenvalue weighted by Gasteiger charge is -2.22. The van der Waals surface area contributed by atoms with Gasteiger partial charge in [-0.1, -0.05) is 37.3 Å². The van der Waals surface area contributed by atoms with Gasteiger partial charge in [0, 0.05) is 31.4 Å². The first-order valence-corrected chi connectivity index (χ1v) is 11.2. The maximum absolute atomic E-state index is 13.2. The molecule has 4 nitrogen and oxygen atoms in total. The highest BCUT2D eigenvalue weighted by Crippen LogP contribution is 2.34. The number of amides is 1. The summed E-state index contributed by atoms with van der Waals surface area (Å²) in [5.41, 5.74) is 4.09. The van der Waals surface area contributed by atoms with Gasteiger partial charge in [0.25, 0.3) is 0 Å². The summed E-state index contributed by atoms with van der Waals surface area (Å²) in [7, 11) is 0. The number of nitrogens with zero attached hydrogens (tertiary/aromatic N) is 3. The van der Waals surface area contributed by atoms with Crippen molar-refractivity contribution in [2.45, 2.75) is 52.2 Å². The van der Waals surface area contributed by atoms with Crippen molar-refractivity contribution >= 4 is 28.1 Å². The lowest BCUT2D eigenvalue weighted by molar-refractivity contribution is -0.115. The second kappa shape index (κ2) is 9.06. The van der Waals surface area contributed by atoms with E-state index in [0.717, 1.165) is 42.0 Å². The Morgan fingerprint density at radius 2 is 1.87 bits per heavy atom. The monoisotopic (exact) mass is 423 g/mol. The fourth-order valence-corrected chi connectivity index (χ4v) is 4.56. The highest BCUT2D eigenvalue weighted by atomic mass is 32.1. The standard InChI is InChI=1S/C24H26FN3OS/c1-3-19-6-4-5-7-23(19)28(17(2)29)24-26-21(16-30-24)15-27(22-12-13-22)14-18-8-10-20(25)11-9-18/h4-11,16,22H,3,12-15H2,1-2H3. The number of carbonyl (C=O) groups excluding carboxylic acids is 1. The van der Waals surface area contributed by atoms with Gasteiger partial charge in [-0.3, -0.25) is 14.6 Å². The molecule has 156 valence electrons. The third-order valence-electron chi connectivity index (χ3n) is 5.39. The van der Waals surface area contributed by atoms with E-state index in [9.17, 15) is 9.18 Å². The lowest BCUT2D eigenvalue weighted by atomic mass is 10.1. The van der Waals surface area contributed by atoms with Crippen molar-refractivity contribution in [3.63, 3.8) is 0 Å². The molecule has 0 unspecified atom stereocenters. The van der Waals surface area contributed by atoms with E-state index >= 15 is 0 Å². The van der Waals surface area contributed by atoms with Gasteiger partial charge in [-0.25, -0.2) is 9.37 Å². The summed E-state index contributed by atoms with van der Waals surface area (Å²) in [6.45, 7) is 5.17. The SMILES string of the molecule is CCc1ccccc1N(C(C)=O)c1nc(CN(Cc2ccc(F)cc2)C2CC2)cs1. The smallest absolute Gasteiger partial charge is 0.230 e. The van der Waals surface area contributed by atoms with Gasteiger partial charge in [0.2, 0.25) is 5.91 Å². The van der Waals surface area contributed by atoms with Gasteiger partial charge < -0.3 is 0 Å². The Hall–Kier alpha value is -2.57. The number of rotatable bonds is 8. The third-order valence-corrected chi connectivity index (χ3v) is 6.26. The highest BCUT2D eigenvalue weighted by molar-refractivity contribution is 7.14. The van der Waals surface area contributed by atoms with Crippen LogP contribution in [0.3, 0.4) is 0 Å². The fraction of sp³-hybridized carbons (Fsp3) is 0.333. The molecule has 0 bridgehead atoms. The maximum atomic E-state index is 13.2. The van der Waals surface area contributed by atoms with Gasteiger partial charge >= 0.3 is 0 Å². The maximum Gasteiger partial charge on any atom is 0.230 e. The molecule has 0 spiro atoms. The van der Waals surface area contributed by atoms with E-state index in [1.807, 2.05) is 35.7 Å². The van der Waals surface area contributed by atoms with Crippen molar-refractivity contribution in [3.8, 4) is 0 Å². The quantitative estimate of drug-likeness (QED) is 0.467. The molecule has 1 aromatic heterocycles. The van der Waals surface area contributed by atoms with E-state index in [-0.39, 0.29) is 11.7 Å². The Bertz CT molecular complexity index is 1010. The number of hydrogen-bond donors (Lipinski definition) is 0. The van der Waals surface area contributed by atoms with Crippen molar-refractivity contribution in [3.05, 3.63) is 76.5 Å². The molecule has 4 rings (SSSR count). The van der Waals surface area contributed by atoms with Gasteiger partial charge in [0.15, 0.2) is 5.13 Å². The molecule has 1 aliphatic rings. The minimum Gasteiger partial charge on any atom is -0.290 e. The van der Waals surface area contributed by atoms with Crippen LogP contribution in [0.5, 0.6) is 0 Å². The largest absolute Gasteiger partial charge is 0.290 e. The van der Waals surface area contributed by atoms with Crippen LogP contribution in [0, 0.1) is 5.82 Å². The molecule has 1 amide bonds. The average Bonchev–Trinajstić information content (AvgIpc) is 3.50. The normalized spacial score (nSPS) is 13.6. The molecule has 30 heavy (non-hydrogen) atoms. The zero-order chi connectivity index (χ0) is 21.1. The number of aryl methyl sites for hydroxylation is 1. The molecule has 2 aromatic carbocycles. The summed E-state index contributed by atoms with van der Waals surface area (Å²) in [5.74, 6) is -0.250. The Morgan fingerprint density at radius 1 is 1.13 bits per heavy atom. The summed E-state index contributed by atoms with van der Waals surface area (Å²) in [5, 5.41) is 2.75. The third kappa shape index (κ3) is 4.77. The minimum absolute atomic E-state index is 0.0397. The van der Waals surface area contributed by atoms with Crippen LogP contribution in [-0.2, 0) is 24.3 Å². The summed E-state index contributed by atoms with van der Waals surface area (Å²) < 4.78 is 13.2. The molecule has 1 heterocycles. The predicted octanol–water partition coefficient (Wildman–Crippen LogP) is 5.69. The number of benzene rings is 2. The fourth-order valence-electron chi connectivity index (χ4n) is 3.69. The Kier molecular flexibility index (Phi) is 6.25. The summed E-state index contributed by atoms with van der Waals surface area (Å²) in [6.07, 6.45) is 3.22.